The molecule has 158 valence electrons. The Bertz CT molecular complexity index is 1060. The minimum Gasteiger partial charge on any atom is -0.366 e. The Hall–Kier alpha value is -3.14. The van der Waals surface area contributed by atoms with E-state index in [4.69, 9.17) is 0 Å². The molecular weight excluding hydrogens is 402 g/mol. The summed E-state index contributed by atoms with van der Waals surface area (Å²) < 4.78 is 54.4. The molecule has 4 rings (SSSR count). The Morgan fingerprint density at radius 2 is 2.07 bits per heavy atom. The topological polar surface area (TPSA) is 62.2 Å². The first-order valence-corrected chi connectivity index (χ1v) is 9.25. The molecule has 1 aromatic carbocycles. The van der Waals surface area contributed by atoms with Gasteiger partial charge in [-0.2, -0.15) is 18.3 Å². The first kappa shape index (κ1) is 20.1. The second kappa shape index (κ2) is 6.98. The molecule has 0 aliphatic carbocycles. The van der Waals surface area contributed by atoms with Crippen molar-refractivity contribution >= 4 is 11.6 Å². The van der Waals surface area contributed by atoms with Gasteiger partial charge in [-0.1, -0.05) is 6.08 Å². The largest absolute Gasteiger partial charge is 0.419 e. The molecule has 1 amide bonds. The van der Waals surface area contributed by atoms with Crippen LogP contribution in [0.5, 0.6) is 0 Å². The van der Waals surface area contributed by atoms with E-state index in [1.807, 2.05) is 19.1 Å². The summed E-state index contributed by atoms with van der Waals surface area (Å²) in [5.74, 6) is -1.90. The Morgan fingerprint density at radius 3 is 2.67 bits per heavy atom. The standard InChI is InChI=1S/C20H19F4N5O/c1-12-11-28(13-5-6-14(16(21)9-13)20(22,23)24)18(30)17-15(10-27-29(12)17)19(25-2)7-3-4-8-26-19/h3-10,12,25-26H,11H2,1-2H3/t12-,19?/m0/s1. The molecule has 2 atom stereocenters. The fraction of sp³-hybridized carbons (Fsp3) is 0.300. The lowest BCUT2D eigenvalue weighted by atomic mass is 9.96. The zero-order chi connectivity index (χ0) is 21.7. The van der Waals surface area contributed by atoms with Crippen LogP contribution in [0, 0.1) is 5.82 Å². The number of alkyl halides is 3. The van der Waals surface area contributed by atoms with Crippen LogP contribution >= 0.6 is 0 Å². The van der Waals surface area contributed by atoms with Gasteiger partial charge >= 0.3 is 6.18 Å². The van der Waals surface area contributed by atoms with Gasteiger partial charge in [0, 0.05) is 17.8 Å². The van der Waals surface area contributed by atoms with Crippen LogP contribution in [0.1, 0.15) is 34.6 Å². The first-order valence-electron chi connectivity index (χ1n) is 9.25. The van der Waals surface area contributed by atoms with Crippen molar-refractivity contribution in [2.75, 3.05) is 18.5 Å². The maximum Gasteiger partial charge on any atom is 0.419 e. The predicted molar refractivity (Wildman–Crippen MR) is 102 cm³/mol. The summed E-state index contributed by atoms with van der Waals surface area (Å²) in [4.78, 5) is 14.6. The van der Waals surface area contributed by atoms with Crippen LogP contribution in [0.2, 0.25) is 0 Å². The highest BCUT2D eigenvalue weighted by molar-refractivity contribution is 6.07. The molecule has 0 saturated carbocycles. The lowest BCUT2D eigenvalue weighted by molar-refractivity contribution is -0.139. The molecule has 2 N–H and O–H groups in total. The highest BCUT2D eigenvalue weighted by Crippen LogP contribution is 2.36. The van der Waals surface area contributed by atoms with Crippen molar-refractivity contribution in [3.63, 3.8) is 0 Å². The summed E-state index contributed by atoms with van der Waals surface area (Å²) >= 11 is 0. The molecule has 1 unspecified atom stereocenters. The summed E-state index contributed by atoms with van der Waals surface area (Å²) in [6.07, 6.45) is 3.94. The number of allylic oxidation sites excluding steroid dienone is 2. The van der Waals surface area contributed by atoms with Gasteiger partial charge in [-0.3, -0.25) is 14.8 Å². The molecule has 0 bridgehead atoms. The third kappa shape index (κ3) is 3.07. The Balaban J connectivity index is 1.77. The Kier molecular flexibility index (Phi) is 4.69. The highest BCUT2D eigenvalue weighted by atomic mass is 19.4. The van der Waals surface area contributed by atoms with Crippen LogP contribution in [-0.2, 0) is 11.8 Å². The van der Waals surface area contributed by atoms with Gasteiger partial charge in [0.2, 0.25) is 0 Å². The maximum absolute atomic E-state index is 14.1. The van der Waals surface area contributed by atoms with Gasteiger partial charge < -0.3 is 10.2 Å². The van der Waals surface area contributed by atoms with Crippen molar-refractivity contribution in [1.82, 2.24) is 20.4 Å². The number of carbonyl (C=O) groups excluding carboxylic acids is 1. The number of aromatic nitrogens is 2. The third-order valence-corrected chi connectivity index (χ3v) is 5.36. The van der Waals surface area contributed by atoms with E-state index in [0.717, 1.165) is 12.1 Å². The van der Waals surface area contributed by atoms with Gasteiger partial charge in [0.25, 0.3) is 5.91 Å². The van der Waals surface area contributed by atoms with Gasteiger partial charge in [0.15, 0.2) is 0 Å². The van der Waals surface area contributed by atoms with Crippen molar-refractivity contribution < 1.29 is 22.4 Å². The van der Waals surface area contributed by atoms with Crippen molar-refractivity contribution in [3.05, 3.63) is 71.5 Å². The van der Waals surface area contributed by atoms with E-state index in [-0.39, 0.29) is 24.0 Å². The van der Waals surface area contributed by atoms with Crippen molar-refractivity contribution in [2.45, 2.75) is 24.8 Å². The number of benzene rings is 1. The molecular formula is C20H19F4N5O. The molecule has 2 aromatic rings. The normalized spacial score (nSPS) is 23.5. The number of hydrogen-bond acceptors (Lipinski definition) is 4. The summed E-state index contributed by atoms with van der Waals surface area (Å²) in [6, 6.07) is 2.24. The lowest BCUT2D eigenvalue weighted by Crippen LogP contribution is -2.52. The van der Waals surface area contributed by atoms with Crippen LogP contribution in [-0.4, -0.2) is 29.3 Å². The average molecular weight is 421 g/mol. The van der Waals surface area contributed by atoms with Crippen molar-refractivity contribution in [3.8, 4) is 0 Å². The molecule has 0 spiro atoms. The highest BCUT2D eigenvalue weighted by Gasteiger charge is 2.41. The number of amides is 1. The number of nitrogens with one attached hydrogen (secondary N) is 2. The second-order valence-electron chi connectivity index (χ2n) is 7.20. The number of nitrogens with zero attached hydrogens (tertiary/aromatic N) is 3. The molecule has 0 fully saturated rings. The smallest absolute Gasteiger partial charge is 0.366 e. The van der Waals surface area contributed by atoms with E-state index in [1.165, 1.54) is 4.90 Å². The van der Waals surface area contributed by atoms with E-state index in [2.05, 4.69) is 15.7 Å². The quantitative estimate of drug-likeness (QED) is 0.747. The van der Waals surface area contributed by atoms with Gasteiger partial charge in [-0.25, -0.2) is 4.39 Å². The number of carbonyl (C=O) groups is 1. The number of likely N-dealkylation sites (N-methyl/N-ethyl adjacent to an activating group) is 1. The van der Waals surface area contributed by atoms with Gasteiger partial charge in [-0.05, 0) is 50.5 Å². The SMILES string of the molecule is CNC1(c2cnn3c2C(=O)N(c2ccc(C(F)(F)F)c(F)c2)C[C@@H]3C)C=CC=CN1. The van der Waals surface area contributed by atoms with E-state index in [1.54, 1.807) is 30.2 Å². The summed E-state index contributed by atoms with van der Waals surface area (Å²) in [5.41, 5.74) is -1.37. The summed E-state index contributed by atoms with van der Waals surface area (Å²) in [6.45, 7) is 1.98. The monoisotopic (exact) mass is 421 g/mol. The zero-order valence-electron chi connectivity index (χ0n) is 16.2. The average Bonchev–Trinajstić information content (AvgIpc) is 3.17. The van der Waals surface area contributed by atoms with Gasteiger partial charge in [-0.15, -0.1) is 0 Å². The zero-order valence-corrected chi connectivity index (χ0v) is 16.2. The fourth-order valence-corrected chi connectivity index (χ4v) is 3.82. The molecule has 6 nitrogen and oxygen atoms in total. The lowest BCUT2D eigenvalue weighted by Gasteiger charge is -2.36. The van der Waals surface area contributed by atoms with E-state index in [9.17, 15) is 22.4 Å². The predicted octanol–water partition coefficient (Wildman–Crippen LogP) is 3.31. The van der Waals surface area contributed by atoms with Crippen LogP contribution in [0.3, 0.4) is 0 Å². The van der Waals surface area contributed by atoms with Crippen LogP contribution in [0.4, 0.5) is 23.2 Å². The fourth-order valence-electron chi connectivity index (χ4n) is 3.82. The molecule has 30 heavy (non-hydrogen) atoms. The number of dihydropyridines is 1. The number of hydrogen-bond donors (Lipinski definition) is 2. The van der Waals surface area contributed by atoms with Gasteiger partial charge in [0.1, 0.15) is 17.2 Å². The molecule has 1 aromatic heterocycles. The molecule has 2 aliphatic heterocycles. The van der Waals surface area contributed by atoms with E-state index < -0.39 is 29.1 Å². The minimum absolute atomic E-state index is 0.0568. The van der Waals surface area contributed by atoms with Crippen molar-refractivity contribution in [1.29, 1.82) is 0 Å². The molecule has 3 heterocycles. The van der Waals surface area contributed by atoms with Gasteiger partial charge in [0.05, 0.1) is 17.8 Å². The Morgan fingerprint density at radius 1 is 1.30 bits per heavy atom. The van der Waals surface area contributed by atoms with Crippen LogP contribution < -0.4 is 15.5 Å². The van der Waals surface area contributed by atoms with E-state index >= 15 is 0 Å². The molecule has 10 heteroatoms. The van der Waals surface area contributed by atoms with Crippen LogP contribution in [0.15, 0.2) is 48.8 Å². The number of fused-ring (bicyclic) bond motifs is 1. The van der Waals surface area contributed by atoms with E-state index in [0.29, 0.717) is 11.6 Å². The first-order chi connectivity index (χ1) is 14.2. The maximum atomic E-state index is 14.1. The number of halogens is 4. The summed E-state index contributed by atoms with van der Waals surface area (Å²) in [5, 5.41) is 10.7. The Labute approximate surface area is 169 Å². The number of anilines is 1. The third-order valence-electron chi connectivity index (χ3n) is 5.36. The van der Waals surface area contributed by atoms with Crippen molar-refractivity contribution in [2.24, 2.45) is 0 Å². The second-order valence-corrected chi connectivity index (χ2v) is 7.20. The molecule has 0 radical (unpaired) electrons. The molecule has 0 saturated heterocycles. The number of rotatable bonds is 3. The molecule has 2 aliphatic rings. The minimum atomic E-state index is -4.81. The summed E-state index contributed by atoms with van der Waals surface area (Å²) in [7, 11) is 1.72. The van der Waals surface area contributed by atoms with Crippen LogP contribution in [0.25, 0.3) is 0 Å².